The molecule has 0 aliphatic carbocycles. The number of carbonyl (C=O) groups is 3. The number of aromatic nitrogens is 2. The molecule has 0 unspecified atom stereocenters. The first kappa shape index (κ1) is 22.1. The number of hydrogen-bond acceptors (Lipinski definition) is 4. The van der Waals surface area contributed by atoms with Gasteiger partial charge in [0.1, 0.15) is 12.1 Å². The fraction of sp³-hybridized carbons (Fsp3) is 0.429. The van der Waals surface area contributed by atoms with E-state index < -0.39 is 23.9 Å². The van der Waals surface area contributed by atoms with Crippen LogP contribution < -0.4 is 16.4 Å². The summed E-state index contributed by atoms with van der Waals surface area (Å²) in [6.45, 7) is 3.88. The smallest absolute Gasteiger partial charge is 0.243 e. The highest BCUT2D eigenvalue weighted by molar-refractivity contribution is 5.91. The van der Waals surface area contributed by atoms with Crippen LogP contribution in [0.2, 0.25) is 0 Å². The van der Waals surface area contributed by atoms with E-state index in [1.165, 1.54) is 6.33 Å². The molecule has 2 rings (SSSR count). The summed E-state index contributed by atoms with van der Waals surface area (Å²) in [7, 11) is 0. The number of primary amides is 1. The molecule has 8 heteroatoms. The first-order chi connectivity index (χ1) is 13.8. The van der Waals surface area contributed by atoms with Gasteiger partial charge in [-0.15, -0.1) is 0 Å². The van der Waals surface area contributed by atoms with Gasteiger partial charge >= 0.3 is 0 Å². The molecule has 5 N–H and O–H groups in total. The number of nitrogens with zero attached hydrogens (tertiary/aromatic N) is 1. The third-order valence-electron chi connectivity index (χ3n) is 4.48. The second kappa shape index (κ2) is 11.0. The molecule has 0 spiro atoms. The van der Waals surface area contributed by atoms with Gasteiger partial charge in [0.15, 0.2) is 0 Å². The number of benzene rings is 1. The zero-order valence-corrected chi connectivity index (χ0v) is 16.9. The molecule has 0 saturated carbocycles. The number of H-pyrrole nitrogens is 1. The van der Waals surface area contributed by atoms with Crippen LogP contribution in [-0.4, -0.2) is 39.8 Å². The van der Waals surface area contributed by atoms with Gasteiger partial charge in [-0.05, 0) is 24.3 Å². The third-order valence-corrected chi connectivity index (χ3v) is 4.48. The standard InChI is InChI=1S/C21H29N5O3/c1-14(2)10-17(20(22)28)26-21(29)18(11-16-12-23-13-24-16)25-19(27)9-8-15-6-4-3-5-7-15/h3-7,12-14,17-18H,8-11H2,1-2H3,(H2,22,28)(H,23,24)(H,25,27)(H,26,29)/t17-,18-/m0/s1. The van der Waals surface area contributed by atoms with Crippen LogP contribution in [0, 0.1) is 5.92 Å². The van der Waals surface area contributed by atoms with Crippen LogP contribution in [0.5, 0.6) is 0 Å². The first-order valence-electron chi connectivity index (χ1n) is 9.75. The van der Waals surface area contributed by atoms with Gasteiger partial charge in [0.25, 0.3) is 0 Å². The summed E-state index contributed by atoms with van der Waals surface area (Å²) in [5, 5.41) is 5.45. The Bertz CT molecular complexity index is 790. The lowest BCUT2D eigenvalue weighted by atomic mass is 10.0. The molecule has 3 amide bonds. The predicted molar refractivity (Wildman–Crippen MR) is 110 cm³/mol. The number of carbonyl (C=O) groups excluding carboxylic acids is 3. The number of nitrogens with one attached hydrogen (secondary N) is 3. The van der Waals surface area contributed by atoms with Crippen LogP contribution in [-0.2, 0) is 27.2 Å². The monoisotopic (exact) mass is 399 g/mol. The maximum atomic E-state index is 12.8. The third kappa shape index (κ3) is 7.77. The van der Waals surface area contributed by atoms with Gasteiger partial charge in [-0.2, -0.15) is 0 Å². The van der Waals surface area contributed by atoms with E-state index in [0.717, 1.165) is 5.56 Å². The number of rotatable bonds is 11. The molecule has 0 fully saturated rings. The Kier molecular flexibility index (Phi) is 8.39. The van der Waals surface area contributed by atoms with Gasteiger partial charge < -0.3 is 21.4 Å². The Morgan fingerprint density at radius 3 is 2.41 bits per heavy atom. The SMILES string of the molecule is CC(C)C[C@H](NC(=O)[C@H](Cc1cnc[nH]1)NC(=O)CCc1ccccc1)C(N)=O. The molecule has 0 bridgehead atoms. The molecule has 2 atom stereocenters. The van der Waals surface area contributed by atoms with Crippen molar-refractivity contribution >= 4 is 17.7 Å². The zero-order valence-electron chi connectivity index (χ0n) is 16.9. The largest absolute Gasteiger partial charge is 0.368 e. The molecular formula is C21H29N5O3. The lowest BCUT2D eigenvalue weighted by Gasteiger charge is -2.22. The van der Waals surface area contributed by atoms with Gasteiger partial charge in [0, 0.05) is 24.7 Å². The van der Waals surface area contributed by atoms with Crippen molar-refractivity contribution in [1.29, 1.82) is 0 Å². The van der Waals surface area contributed by atoms with Crippen molar-refractivity contribution in [3.63, 3.8) is 0 Å². The summed E-state index contributed by atoms with van der Waals surface area (Å²) in [4.78, 5) is 43.8. The van der Waals surface area contributed by atoms with Gasteiger partial charge in [0.2, 0.25) is 17.7 Å². The van der Waals surface area contributed by atoms with E-state index in [9.17, 15) is 14.4 Å². The van der Waals surface area contributed by atoms with E-state index in [1.54, 1.807) is 6.20 Å². The Hall–Kier alpha value is -3.16. The minimum Gasteiger partial charge on any atom is -0.368 e. The Labute approximate surface area is 170 Å². The van der Waals surface area contributed by atoms with Gasteiger partial charge in [-0.25, -0.2) is 4.98 Å². The van der Waals surface area contributed by atoms with Crippen LogP contribution in [0.25, 0.3) is 0 Å². The molecule has 0 aliphatic heterocycles. The van der Waals surface area contributed by atoms with E-state index in [0.29, 0.717) is 18.5 Å². The normalized spacial score (nSPS) is 12.9. The van der Waals surface area contributed by atoms with E-state index in [-0.39, 0.29) is 24.7 Å². The highest BCUT2D eigenvalue weighted by Crippen LogP contribution is 2.07. The minimum atomic E-state index is -0.840. The summed E-state index contributed by atoms with van der Waals surface area (Å²) in [5.74, 6) is -1.10. The molecule has 0 saturated heterocycles. The summed E-state index contributed by atoms with van der Waals surface area (Å²) in [6.07, 6.45) is 4.59. The molecule has 0 radical (unpaired) electrons. The topological polar surface area (TPSA) is 130 Å². The summed E-state index contributed by atoms with van der Waals surface area (Å²) < 4.78 is 0. The second-order valence-corrected chi connectivity index (χ2v) is 7.48. The molecule has 2 aromatic rings. The highest BCUT2D eigenvalue weighted by Gasteiger charge is 2.26. The second-order valence-electron chi connectivity index (χ2n) is 7.48. The van der Waals surface area contributed by atoms with Crippen molar-refractivity contribution < 1.29 is 14.4 Å². The average Bonchev–Trinajstić information content (AvgIpc) is 3.19. The molecule has 1 heterocycles. The van der Waals surface area contributed by atoms with Crippen molar-refractivity contribution in [2.75, 3.05) is 0 Å². The zero-order chi connectivity index (χ0) is 21.2. The van der Waals surface area contributed by atoms with Gasteiger partial charge in [-0.1, -0.05) is 44.2 Å². The molecule has 8 nitrogen and oxygen atoms in total. The molecule has 0 aliphatic rings. The maximum Gasteiger partial charge on any atom is 0.243 e. The molecule has 1 aromatic heterocycles. The number of hydrogen-bond donors (Lipinski definition) is 4. The van der Waals surface area contributed by atoms with E-state index in [1.807, 2.05) is 44.2 Å². The molecule has 29 heavy (non-hydrogen) atoms. The number of aromatic amines is 1. The van der Waals surface area contributed by atoms with Crippen LogP contribution in [0.15, 0.2) is 42.9 Å². The highest BCUT2D eigenvalue weighted by atomic mass is 16.2. The van der Waals surface area contributed by atoms with E-state index >= 15 is 0 Å². The average molecular weight is 399 g/mol. The lowest BCUT2D eigenvalue weighted by molar-refractivity contribution is -0.131. The molecular weight excluding hydrogens is 370 g/mol. The van der Waals surface area contributed by atoms with Crippen LogP contribution >= 0.6 is 0 Å². The van der Waals surface area contributed by atoms with Crippen molar-refractivity contribution in [1.82, 2.24) is 20.6 Å². The van der Waals surface area contributed by atoms with E-state index in [2.05, 4.69) is 20.6 Å². The van der Waals surface area contributed by atoms with Gasteiger partial charge in [0.05, 0.1) is 6.33 Å². The van der Waals surface area contributed by atoms with Crippen LogP contribution in [0.1, 0.15) is 37.9 Å². The maximum absolute atomic E-state index is 12.8. The predicted octanol–water partition coefficient (Wildman–Crippen LogP) is 1.09. The number of imidazole rings is 1. The number of aryl methyl sites for hydroxylation is 1. The summed E-state index contributed by atoms with van der Waals surface area (Å²) >= 11 is 0. The number of amides is 3. The summed E-state index contributed by atoms with van der Waals surface area (Å²) in [5.41, 5.74) is 7.17. The Morgan fingerprint density at radius 2 is 1.83 bits per heavy atom. The quantitative estimate of drug-likeness (QED) is 0.450. The first-order valence-corrected chi connectivity index (χ1v) is 9.75. The fourth-order valence-electron chi connectivity index (χ4n) is 2.98. The van der Waals surface area contributed by atoms with E-state index in [4.69, 9.17) is 5.73 Å². The van der Waals surface area contributed by atoms with Crippen molar-refractivity contribution in [3.8, 4) is 0 Å². The van der Waals surface area contributed by atoms with Gasteiger partial charge in [-0.3, -0.25) is 14.4 Å². The fourth-order valence-corrected chi connectivity index (χ4v) is 2.98. The number of nitrogens with two attached hydrogens (primary N) is 1. The van der Waals surface area contributed by atoms with Crippen molar-refractivity contribution in [2.24, 2.45) is 11.7 Å². The Morgan fingerprint density at radius 1 is 1.10 bits per heavy atom. The molecule has 1 aromatic carbocycles. The minimum absolute atomic E-state index is 0.180. The Balaban J connectivity index is 2.02. The molecule has 156 valence electrons. The van der Waals surface area contributed by atoms with Crippen LogP contribution in [0.3, 0.4) is 0 Å². The van der Waals surface area contributed by atoms with Crippen molar-refractivity contribution in [3.05, 3.63) is 54.1 Å². The van der Waals surface area contributed by atoms with Crippen molar-refractivity contribution in [2.45, 2.75) is 51.6 Å². The van der Waals surface area contributed by atoms with Crippen LogP contribution in [0.4, 0.5) is 0 Å². The lowest BCUT2D eigenvalue weighted by Crippen LogP contribution is -2.54. The summed E-state index contributed by atoms with van der Waals surface area (Å²) in [6, 6.07) is 8.03.